The van der Waals surface area contributed by atoms with Crippen LogP contribution in [0, 0.1) is 5.82 Å². The molecule has 0 aliphatic carbocycles. The summed E-state index contributed by atoms with van der Waals surface area (Å²) in [6, 6.07) is 5.30. The van der Waals surface area contributed by atoms with Gasteiger partial charge in [0.25, 0.3) is 5.91 Å². The maximum atomic E-state index is 13.1. The highest BCUT2D eigenvalue weighted by atomic mass is 35.5. The predicted molar refractivity (Wildman–Crippen MR) is 69.2 cm³/mol. The van der Waals surface area contributed by atoms with Crippen LogP contribution in [0.2, 0.25) is 5.22 Å². The second kappa shape index (κ2) is 5.75. The van der Waals surface area contributed by atoms with Crippen molar-refractivity contribution in [2.45, 2.75) is 6.92 Å². The lowest BCUT2D eigenvalue weighted by Gasteiger charge is -2.11. The molecule has 4 nitrogen and oxygen atoms in total. The number of carbonyl (C=O) groups is 1. The van der Waals surface area contributed by atoms with Gasteiger partial charge in [-0.2, -0.15) is 0 Å². The van der Waals surface area contributed by atoms with Gasteiger partial charge in [-0.25, -0.2) is 4.39 Å². The summed E-state index contributed by atoms with van der Waals surface area (Å²) in [5.74, 6) is -0.635. The molecule has 6 heteroatoms. The molecule has 19 heavy (non-hydrogen) atoms. The van der Waals surface area contributed by atoms with Gasteiger partial charge in [0.2, 0.25) is 5.22 Å². The molecule has 100 valence electrons. The van der Waals surface area contributed by atoms with E-state index in [1.54, 1.807) is 6.92 Å². The van der Waals surface area contributed by atoms with Crippen LogP contribution in [0.15, 0.2) is 34.9 Å². The van der Waals surface area contributed by atoms with Crippen LogP contribution in [0.5, 0.6) is 5.75 Å². The first-order chi connectivity index (χ1) is 9.11. The number of ether oxygens (including phenoxy) is 1. The molecule has 1 N–H and O–H groups in total. The molecule has 2 rings (SSSR count). The zero-order chi connectivity index (χ0) is 13.8. The van der Waals surface area contributed by atoms with E-state index in [4.69, 9.17) is 20.8 Å². The number of hydrogen-bond acceptors (Lipinski definition) is 3. The van der Waals surface area contributed by atoms with Gasteiger partial charge in [-0.15, -0.1) is 0 Å². The zero-order valence-electron chi connectivity index (χ0n) is 10.1. The largest absolute Gasteiger partial charge is 0.492 e. The van der Waals surface area contributed by atoms with E-state index in [9.17, 15) is 9.18 Å². The van der Waals surface area contributed by atoms with Crippen molar-refractivity contribution in [1.82, 2.24) is 0 Å². The smallest absolute Gasteiger partial charge is 0.260 e. The molecule has 0 aliphatic heterocycles. The quantitative estimate of drug-likeness (QED) is 0.930. The summed E-state index contributed by atoms with van der Waals surface area (Å²) >= 11 is 5.71. The average Bonchev–Trinajstić information content (AvgIpc) is 2.79. The Kier molecular flexibility index (Phi) is 4.06. The lowest BCUT2D eigenvalue weighted by molar-refractivity contribution is 0.102. The Labute approximate surface area is 114 Å². The van der Waals surface area contributed by atoms with Crippen LogP contribution in [-0.2, 0) is 0 Å². The average molecular weight is 284 g/mol. The molecular weight excluding hydrogens is 273 g/mol. The van der Waals surface area contributed by atoms with Crippen LogP contribution >= 0.6 is 11.6 Å². The molecule has 1 aromatic heterocycles. The Morgan fingerprint density at radius 1 is 1.47 bits per heavy atom. The number of hydrogen-bond donors (Lipinski definition) is 1. The zero-order valence-corrected chi connectivity index (χ0v) is 10.8. The van der Waals surface area contributed by atoms with E-state index in [0.717, 1.165) is 0 Å². The monoisotopic (exact) mass is 283 g/mol. The molecule has 0 fully saturated rings. The Hall–Kier alpha value is -2.01. The molecule has 1 heterocycles. The van der Waals surface area contributed by atoms with Crippen LogP contribution in [0.4, 0.5) is 10.1 Å². The van der Waals surface area contributed by atoms with Crippen molar-refractivity contribution < 1.29 is 18.3 Å². The Morgan fingerprint density at radius 3 is 2.89 bits per heavy atom. The minimum Gasteiger partial charge on any atom is -0.492 e. The first kappa shape index (κ1) is 13.4. The van der Waals surface area contributed by atoms with Crippen LogP contribution in [0.1, 0.15) is 17.3 Å². The summed E-state index contributed by atoms with van der Waals surface area (Å²) in [4.78, 5) is 11.9. The number of anilines is 1. The highest BCUT2D eigenvalue weighted by Crippen LogP contribution is 2.27. The number of amides is 1. The van der Waals surface area contributed by atoms with E-state index < -0.39 is 11.7 Å². The molecule has 1 amide bonds. The van der Waals surface area contributed by atoms with Crippen LogP contribution < -0.4 is 10.1 Å². The summed E-state index contributed by atoms with van der Waals surface area (Å²) in [5.41, 5.74) is 0.568. The van der Waals surface area contributed by atoms with E-state index in [0.29, 0.717) is 12.3 Å². The van der Waals surface area contributed by atoms with Gasteiger partial charge in [0.05, 0.1) is 24.1 Å². The van der Waals surface area contributed by atoms with E-state index in [1.807, 2.05) is 0 Å². The van der Waals surface area contributed by atoms with Gasteiger partial charge in [0.15, 0.2) is 0 Å². The van der Waals surface area contributed by atoms with Gasteiger partial charge >= 0.3 is 0 Å². The van der Waals surface area contributed by atoms with Crippen molar-refractivity contribution in [3.05, 3.63) is 47.1 Å². The third-order valence-electron chi connectivity index (χ3n) is 2.35. The number of nitrogens with one attached hydrogen (secondary N) is 1. The minimum absolute atomic E-state index is 0.00225. The minimum atomic E-state index is -0.452. The summed E-state index contributed by atoms with van der Waals surface area (Å²) in [7, 11) is 0. The number of benzene rings is 1. The molecule has 2 aromatic rings. The van der Waals surface area contributed by atoms with E-state index in [2.05, 4.69) is 5.32 Å². The van der Waals surface area contributed by atoms with Crippen molar-refractivity contribution in [2.24, 2.45) is 0 Å². The van der Waals surface area contributed by atoms with E-state index >= 15 is 0 Å². The van der Waals surface area contributed by atoms with E-state index in [-0.39, 0.29) is 16.5 Å². The second-order valence-corrected chi connectivity index (χ2v) is 3.98. The first-order valence-electron chi connectivity index (χ1n) is 5.58. The fraction of sp³-hybridized carbons (Fsp3) is 0.154. The highest BCUT2D eigenvalue weighted by molar-refractivity contribution is 6.32. The lowest BCUT2D eigenvalue weighted by Crippen LogP contribution is -2.12. The van der Waals surface area contributed by atoms with Gasteiger partial charge < -0.3 is 14.5 Å². The van der Waals surface area contributed by atoms with Gasteiger partial charge in [-0.1, -0.05) is 0 Å². The molecule has 0 saturated heterocycles. The Balaban J connectivity index is 2.23. The molecular formula is C13H11ClFNO3. The highest BCUT2D eigenvalue weighted by Gasteiger charge is 2.15. The van der Waals surface area contributed by atoms with Crippen molar-refractivity contribution in [1.29, 1.82) is 0 Å². The molecule has 1 aromatic carbocycles. The van der Waals surface area contributed by atoms with Gasteiger partial charge in [-0.3, -0.25) is 4.79 Å². The molecule has 0 radical (unpaired) electrons. The molecule has 0 bridgehead atoms. The predicted octanol–water partition coefficient (Wildman–Crippen LogP) is 3.72. The van der Waals surface area contributed by atoms with Crippen molar-refractivity contribution in [3.63, 3.8) is 0 Å². The summed E-state index contributed by atoms with van der Waals surface area (Å²) < 4.78 is 23.2. The fourth-order valence-electron chi connectivity index (χ4n) is 1.52. The van der Waals surface area contributed by atoms with Crippen molar-refractivity contribution >= 4 is 23.2 Å². The fourth-order valence-corrected chi connectivity index (χ4v) is 1.72. The van der Waals surface area contributed by atoms with Gasteiger partial charge in [-0.05, 0) is 36.7 Å². The third kappa shape index (κ3) is 3.06. The normalized spacial score (nSPS) is 10.3. The molecule has 0 atom stereocenters. The van der Waals surface area contributed by atoms with Crippen LogP contribution in [0.25, 0.3) is 0 Å². The lowest BCUT2D eigenvalue weighted by atomic mass is 10.2. The Bertz CT molecular complexity index is 597. The maximum absolute atomic E-state index is 13.1. The summed E-state index contributed by atoms with van der Waals surface area (Å²) in [5, 5.41) is 2.59. The summed E-state index contributed by atoms with van der Waals surface area (Å²) in [6.07, 6.45) is 1.31. The molecule has 0 unspecified atom stereocenters. The van der Waals surface area contributed by atoms with Gasteiger partial charge in [0.1, 0.15) is 11.6 Å². The second-order valence-electron chi connectivity index (χ2n) is 3.64. The number of halogens is 2. The standard InChI is InChI=1S/C13H11ClFNO3/c1-2-18-11-7-8(15)3-4-10(11)16-13(17)9-5-6-19-12(9)14/h3-7H,2H2,1H3,(H,16,17). The maximum Gasteiger partial charge on any atom is 0.260 e. The first-order valence-corrected chi connectivity index (χ1v) is 5.96. The molecule has 0 spiro atoms. The SMILES string of the molecule is CCOc1cc(F)ccc1NC(=O)c1ccoc1Cl. The number of rotatable bonds is 4. The number of furan rings is 1. The third-order valence-corrected chi connectivity index (χ3v) is 2.65. The van der Waals surface area contributed by atoms with Crippen molar-refractivity contribution in [2.75, 3.05) is 11.9 Å². The van der Waals surface area contributed by atoms with Crippen LogP contribution in [-0.4, -0.2) is 12.5 Å². The van der Waals surface area contributed by atoms with Crippen LogP contribution in [0.3, 0.4) is 0 Å². The van der Waals surface area contributed by atoms with Gasteiger partial charge in [0, 0.05) is 6.07 Å². The topological polar surface area (TPSA) is 51.5 Å². The molecule has 0 saturated carbocycles. The molecule has 0 aliphatic rings. The summed E-state index contributed by atoms with van der Waals surface area (Å²) in [6.45, 7) is 2.13. The Morgan fingerprint density at radius 2 is 2.26 bits per heavy atom. The van der Waals surface area contributed by atoms with Crippen molar-refractivity contribution in [3.8, 4) is 5.75 Å². The van der Waals surface area contributed by atoms with E-state index in [1.165, 1.54) is 30.5 Å². The number of carbonyl (C=O) groups excluding carboxylic acids is 1.